The molecule has 1 aliphatic heterocycles. The maximum Gasteiger partial charge on any atom is 0.319 e. The summed E-state index contributed by atoms with van der Waals surface area (Å²) >= 11 is 0. The number of benzene rings is 1. The van der Waals surface area contributed by atoms with Crippen LogP contribution < -0.4 is 15.5 Å². The molecule has 0 bridgehead atoms. The third kappa shape index (κ3) is 4.45. The molecule has 0 saturated carbocycles. The fourth-order valence-corrected chi connectivity index (χ4v) is 2.83. The molecule has 132 valence electrons. The molecule has 1 atom stereocenters. The molecule has 2 aromatic rings. The zero-order valence-electron chi connectivity index (χ0n) is 13.8. The minimum Gasteiger partial charge on any atom is -0.387 e. The molecule has 1 aliphatic rings. The lowest BCUT2D eigenvalue weighted by Gasteiger charge is -2.20. The standard InChI is InChI=1S/C18H21FN4O2/c19-14-7-5-13(6-8-14)16(24)12-21-18(25)22-15-4-3-9-20-17(15)23-10-1-2-11-23/h3-9,16,24H,1-2,10-12H2,(H2,21,22,25)/t16-/m1/s1. The molecule has 25 heavy (non-hydrogen) atoms. The second-order valence-corrected chi connectivity index (χ2v) is 5.97. The molecule has 1 aromatic heterocycles. The van der Waals surface area contributed by atoms with E-state index in [9.17, 15) is 14.3 Å². The molecule has 3 rings (SSSR count). The first kappa shape index (κ1) is 17.2. The Morgan fingerprint density at radius 1 is 1.24 bits per heavy atom. The Bertz CT molecular complexity index is 717. The normalized spacial score (nSPS) is 15.0. The molecule has 2 heterocycles. The van der Waals surface area contributed by atoms with Gasteiger partial charge in [-0.3, -0.25) is 0 Å². The summed E-state index contributed by atoms with van der Waals surface area (Å²) in [6.45, 7) is 1.88. The Balaban J connectivity index is 1.57. The van der Waals surface area contributed by atoms with Gasteiger partial charge in [0.25, 0.3) is 0 Å². The van der Waals surface area contributed by atoms with Crippen molar-refractivity contribution >= 4 is 17.5 Å². The fraction of sp³-hybridized carbons (Fsp3) is 0.333. The van der Waals surface area contributed by atoms with Gasteiger partial charge in [0.1, 0.15) is 5.82 Å². The van der Waals surface area contributed by atoms with Gasteiger partial charge < -0.3 is 20.6 Å². The SMILES string of the molecule is O=C(NC[C@@H](O)c1ccc(F)cc1)Nc1cccnc1N1CCCC1. The van der Waals surface area contributed by atoms with E-state index in [-0.39, 0.29) is 12.4 Å². The Labute approximate surface area is 145 Å². The van der Waals surface area contributed by atoms with Crippen LogP contribution in [0.2, 0.25) is 0 Å². The molecular weight excluding hydrogens is 323 g/mol. The van der Waals surface area contributed by atoms with Crippen LogP contribution in [0.5, 0.6) is 0 Å². The number of rotatable bonds is 5. The summed E-state index contributed by atoms with van der Waals surface area (Å²) in [4.78, 5) is 18.6. The average molecular weight is 344 g/mol. The first-order valence-corrected chi connectivity index (χ1v) is 8.32. The van der Waals surface area contributed by atoms with Crippen LogP contribution in [0.3, 0.4) is 0 Å². The van der Waals surface area contributed by atoms with Crippen molar-refractivity contribution in [3.63, 3.8) is 0 Å². The Morgan fingerprint density at radius 2 is 1.96 bits per heavy atom. The zero-order valence-corrected chi connectivity index (χ0v) is 13.8. The molecular formula is C18H21FN4O2. The average Bonchev–Trinajstić information content (AvgIpc) is 3.15. The van der Waals surface area contributed by atoms with E-state index in [4.69, 9.17) is 0 Å². The molecule has 0 spiro atoms. The maximum absolute atomic E-state index is 12.9. The van der Waals surface area contributed by atoms with E-state index in [0.29, 0.717) is 11.3 Å². The van der Waals surface area contributed by atoms with Crippen molar-refractivity contribution in [3.8, 4) is 0 Å². The first-order chi connectivity index (χ1) is 12.1. The number of aromatic nitrogens is 1. The monoisotopic (exact) mass is 344 g/mol. The number of pyridine rings is 1. The molecule has 1 aromatic carbocycles. The number of aliphatic hydroxyl groups excluding tert-OH is 1. The van der Waals surface area contributed by atoms with Crippen molar-refractivity contribution in [2.45, 2.75) is 18.9 Å². The number of amides is 2. The first-order valence-electron chi connectivity index (χ1n) is 8.32. The molecule has 1 fully saturated rings. The summed E-state index contributed by atoms with van der Waals surface area (Å²) in [7, 11) is 0. The number of nitrogens with zero attached hydrogens (tertiary/aromatic N) is 2. The topological polar surface area (TPSA) is 77.5 Å². The minimum atomic E-state index is -0.904. The van der Waals surface area contributed by atoms with E-state index < -0.39 is 12.1 Å². The van der Waals surface area contributed by atoms with Crippen LogP contribution in [0.1, 0.15) is 24.5 Å². The van der Waals surface area contributed by atoms with Crippen molar-refractivity contribution in [2.24, 2.45) is 0 Å². The smallest absolute Gasteiger partial charge is 0.319 e. The second kappa shape index (κ2) is 7.94. The largest absolute Gasteiger partial charge is 0.387 e. The molecule has 2 amide bonds. The zero-order chi connectivity index (χ0) is 17.6. The highest BCUT2D eigenvalue weighted by Crippen LogP contribution is 2.25. The summed E-state index contributed by atoms with van der Waals surface area (Å²) in [5.74, 6) is 0.391. The number of hydrogen-bond acceptors (Lipinski definition) is 4. The van der Waals surface area contributed by atoms with E-state index in [2.05, 4.69) is 20.5 Å². The lowest BCUT2D eigenvalue weighted by atomic mass is 10.1. The number of urea groups is 1. The van der Waals surface area contributed by atoms with Crippen LogP contribution in [0, 0.1) is 5.82 Å². The number of aliphatic hydroxyl groups is 1. The van der Waals surface area contributed by atoms with Crippen molar-refractivity contribution in [3.05, 3.63) is 54.0 Å². The van der Waals surface area contributed by atoms with Crippen molar-refractivity contribution in [1.82, 2.24) is 10.3 Å². The van der Waals surface area contributed by atoms with Crippen LogP contribution in [-0.2, 0) is 0 Å². The summed E-state index contributed by atoms with van der Waals surface area (Å²) in [6.07, 6.45) is 3.03. The van der Waals surface area contributed by atoms with Gasteiger partial charge in [-0.15, -0.1) is 0 Å². The van der Waals surface area contributed by atoms with Crippen molar-refractivity contribution < 1.29 is 14.3 Å². The van der Waals surface area contributed by atoms with Crippen LogP contribution in [0.15, 0.2) is 42.6 Å². The van der Waals surface area contributed by atoms with E-state index in [1.165, 1.54) is 24.3 Å². The lowest BCUT2D eigenvalue weighted by Crippen LogP contribution is -2.33. The van der Waals surface area contributed by atoms with Crippen molar-refractivity contribution in [1.29, 1.82) is 0 Å². The van der Waals surface area contributed by atoms with E-state index in [0.717, 1.165) is 31.7 Å². The molecule has 1 saturated heterocycles. The van der Waals surface area contributed by atoms with Gasteiger partial charge in [-0.05, 0) is 42.7 Å². The minimum absolute atomic E-state index is 0.0246. The predicted molar refractivity (Wildman–Crippen MR) is 94.1 cm³/mol. The quantitative estimate of drug-likeness (QED) is 0.779. The number of carbonyl (C=O) groups is 1. The third-order valence-electron chi connectivity index (χ3n) is 4.15. The summed E-state index contributed by atoms with van der Waals surface area (Å²) in [5, 5.41) is 15.5. The summed E-state index contributed by atoms with van der Waals surface area (Å²) in [6, 6.07) is 8.68. The van der Waals surface area contributed by atoms with Gasteiger partial charge in [0, 0.05) is 25.8 Å². The van der Waals surface area contributed by atoms with E-state index >= 15 is 0 Å². The number of anilines is 2. The van der Waals surface area contributed by atoms with E-state index in [1.54, 1.807) is 18.3 Å². The van der Waals surface area contributed by atoms with Crippen LogP contribution in [-0.4, -0.2) is 35.8 Å². The number of hydrogen-bond donors (Lipinski definition) is 3. The van der Waals surface area contributed by atoms with Gasteiger partial charge in [0.05, 0.1) is 11.8 Å². The number of halogens is 1. The highest BCUT2D eigenvalue weighted by atomic mass is 19.1. The highest BCUT2D eigenvalue weighted by molar-refractivity contribution is 5.92. The van der Waals surface area contributed by atoms with Gasteiger partial charge in [-0.2, -0.15) is 0 Å². The molecule has 3 N–H and O–H groups in total. The van der Waals surface area contributed by atoms with Crippen molar-refractivity contribution in [2.75, 3.05) is 29.9 Å². The second-order valence-electron chi connectivity index (χ2n) is 5.97. The van der Waals surface area contributed by atoms with Gasteiger partial charge in [0.15, 0.2) is 5.82 Å². The molecule has 7 heteroatoms. The number of carbonyl (C=O) groups excluding carboxylic acids is 1. The molecule has 0 aliphatic carbocycles. The van der Waals surface area contributed by atoms with E-state index in [1.807, 2.05) is 0 Å². The Hall–Kier alpha value is -2.67. The Kier molecular flexibility index (Phi) is 5.45. The molecule has 0 unspecified atom stereocenters. The molecule has 6 nitrogen and oxygen atoms in total. The summed E-state index contributed by atoms with van der Waals surface area (Å²) < 4.78 is 12.9. The molecule has 0 radical (unpaired) electrons. The Morgan fingerprint density at radius 3 is 2.68 bits per heavy atom. The van der Waals surface area contributed by atoms with Crippen LogP contribution >= 0.6 is 0 Å². The lowest BCUT2D eigenvalue weighted by molar-refractivity contribution is 0.175. The van der Waals surface area contributed by atoms with Gasteiger partial charge in [0.2, 0.25) is 0 Å². The predicted octanol–water partition coefficient (Wildman–Crippen LogP) is 2.68. The van der Waals surface area contributed by atoms with Crippen LogP contribution in [0.25, 0.3) is 0 Å². The third-order valence-corrected chi connectivity index (χ3v) is 4.15. The fourth-order valence-electron chi connectivity index (χ4n) is 2.83. The van der Waals surface area contributed by atoms with Crippen LogP contribution in [0.4, 0.5) is 20.7 Å². The number of nitrogens with one attached hydrogen (secondary N) is 2. The van der Waals surface area contributed by atoms with Gasteiger partial charge in [-0.1, -0.05) is 12.1 Å². The highest BCUT2D eigenvalue weighted by Gasteiger charge is 2.18. The summed E-state index contributed by atoms with van der Waals surface area (Å²) in [5.41, 5.74) is 1.18. The van der Waals surface area contributed by atoms with Gasteiger partial charge in [-0.25, -0.2) is 14.2 Å². The maximum atomic E-state index is 12.9. The van der Waals surface area contributed by atoms with Gasteiger partial charge >= 0.3 is 6.03 Å².